The Morgan fingerprint density at radius 2 is 1.86 bits per heavy atom. The first-order chi connectivity index (χ1) is 14.1. The number of benzene rings is 2. The number of amides is 2. The molecule has 144 valence electrons. The van der Waals surface area contributed by atoms with Crippen LogP contribution in [-0.2, 0) is 0 Å². The predicted octanol–water partition coefficient (Wildman–Crippen LogP) is 5.30. The Morgan fingerprint density at radius 3 is 2.62 bits per heavy atom. The molecule has 29 heavy (non-hydrogen) atoms. The third kappa shape index (κ3) is 4.37. The van der Waals surface area contributed by atoms with Crippen molar-refractivity contribution in [2.45, 2.75) is 0 Å². The number of halogens is 1. The zero-order chi connectivity index (χ0) is 20.2. The third-order valence-electron chi connectivity index (χ3n) is 4.15. The second-order valence-corrected chi connectivity index (χ2v) is 7.49. The van der Waals surface area contributed by atoms with E-state index in [1.54, 1.807) is 42.6 Å². The molecule has 2 aromatic heterocycles. The number of nitrogens with zero attached hydrogens (tertiary/aromatic N) is 1. The number of anilines is 2. The van der Waals surface area contributed by atoms with Gasteiger partial charge in [-0.2, -0.15) is 5.10 Å². The summed E-state index contributed by atoms with van der Waals surface area (Å²) in [6.45, 7) is 0. The first-order valence-electron chi connectivity index (χ1n) is 8.66. The summed E-state index contributed by atoms with van der Waals surface area (Å²) in [5, 5.41) is 14.6. The van der Waals surface area contributed by atoms with Gasteiger partial charge in [0.05, 0.1) is 21.3 Å². The Hall–Kier alpha value is -3.42. The van der Waals surface area contributed by atoms with Crippen LogP contribution in [0.4, 0.5) is 11.4 Å². The number of carbonyl (C=O) groups excluding carboxylic acids is 2. The molecule has 2 aromatic carbocycles. The fourth-order valence-corrected chi connectivity index (χ4v) is 3.52. The second kappa shape index (κ2) is 8.30. The SMILES string of the molecule is O=C(Nc1cccc(-c2ccn[nH]2)c1)c1ccc(Cl)c(NC(=O)c2cccs2)c1. The lowest BCUT2D eigenvalue weighted by atomic mass is 10.1. The van der Waals surface area contributed by atoms with Crippen molar-refractivity contribution >= 4 is 46.1 Å². The van der Waals surface area contributed by atoms with E-state index in [2.05, 4.69) is 20.8 Å². The van der Waals surface area contributed by atoms with Crippen molar-refractivity contribution in [1.29, 1.82) is 0 Å². The largest absolute Gasteiger partial charge is 0.322 e. The van der Waals surface area contributed by atoms with Crippen molar-refractivity contribution in [3.8, 4) is 11.3 Å². The van der Waals surface area contributed by atoms with Gasteiger partial charge in [-0.3, -0.25) is 14.7 Å². The zero-order valence-electron chi connectivity index (χ0n) is 15.0. The quantitative estimate of drug-likeness (QED) is 0.408. The third-order valence-corrected chi connectivity index (χ3v) is 5.35. The Balaban J connectivity index is 1.52. The van der Waals surface area contributed by atoms with Gasteiger partial charge in [-0.05, 0) is 47.8 Å². The highest BCUT2D eigenvalue weighted by Crippen LogP contribution is 2.26. The topological polar surface area (TPSA) is 86.9 Å². The highest BCUT2D eigenvalue weighted by Gasteiger charge is 2.13. The average molecular weight is 423 g/mol. The fraction of sp³-hybridized carbons (Fsp3) is 0. The molecule has 0 aliphatic rings. The van der Waals surface area contributed by atoms with Crippen molar-refractivity contribution in [3.05, 3.63) is 87.7 Å². The first-order valence-corrected chi connectivity index (χ1v) is 9.91. The lowest BCUT2D eigenvalue weighted by molar-refractivity contribution is 0.101. The molecular weight excluding hydrogens is 408 g/mol. The van der Waals surface area contributed by atoms with Crippen LogP contribution in [0.25, 0.3) is 11.3 Å². The van der Waals surface area contributed by atoms with E-state index >= 15 is 0 Å². The summed E-state index contributed by atoms with van der Waals surface area (Å²) in [6.07, 6.45) is 1.67. The van der Waals surface area contributed by atoms with Gasteiger partial charge in [0, 0.05) is 23.0 Å². The number of aromatic nitrogens is 2. The van der Waals surface area contributed by atoms with Gasteiger partial charge in [-0.25, -0.2) is 0 Å². The molecule has 2 heterocycles. The molecule has 0 unspecified atom stereocenters. The number of aromatic amines is 1. The molecule has 2 amide bonds. The van der Waals surface area contributed by atoms with Crippen LogP contribution in [0.1, 0.15) is 20.0 Å². The number of rotatable bonds is 5. The molecule has 0 spiro atoms. The molecule has 0 aliphatic carbocycles. The van der Waals surface area contributed by atoms with Gasteiger partial charge < -0.3 is 10.6 Å². The smallest absolute Gasteiger partial charge is 0.265 e. The molecule has 0 aliphatic heterocycles. The molecule has 8 heteroatoms. The van der Waals surface area contributed by atoms with Crippen molar-refractivity contribution in [2.24, 2.45) is 0 Å². The highest BCUT2D eigenvalue weighted by atomic mass is 35.5. The van der Waals surface area contributed by atoms with Gasteiger partial charge >= 0.3 is 0 Å². The van der Waals surface area contributed by atoms with Crippen molar-refractivity contribution in [1.82, 2.24) is 10.2 Å². The normalized spacial score (nSPS) is 10.5. The summed E-state index contributed by atoms with van der Waals surface area (Å²) < 4.78 is 0. The molecule has 0 saturated heterocycles. The van der Waals surface area contributed by atoms with Gasteiger partial charge in [-0.15, -0.1) is 11.3 Å². The van der Waals surface area contributed by atoms with Crippen molar-refractivity contribution in [2.75, 3.05) is 10.6 Å². The van der Waals surface area contributed by atoms with E-state index in [0.717, 1.165) is 11.3 Å². The number of carbonyl (C=O) groups is 2. The molecule has 0 radical (unpaired) electrons. The van der Waals surface area contributed by atoms with Gasteiger partial charge in [0.25, 0.3) is 11.8 Å². The maximum atomic E-state index is 12.7. The number of hydrogen-bond acceptors (Lipinski definition) is 4. The maximum Gasteiger partial charge on any atom is 0.265 e. The lowest BCUT2D eigenvalue weighted by Gasteiger charge is -2.10. The number of nitrogens with one attached hydrogen (secondary N) is 3. The molecule has 0 saturated carbocycles. The number of hydrogen-bond donors (Lipinski definition) is 3. The molecule has 0 bridgehead atoms. The van der Waals surface area contributed by atoms with Crippen LogP contribution in [-0.4, -0.2) is 22.0 Å². The molecule has 0 fully saturated rings. The van der Waals surface area contributed by atoms with Gasteiger partial charge in [0.15, 0.2) is 0 Å². The molecule has 6 nitrogen and oxygen atoms in total. The van der Waals surface area contributed by atoms with Crippen LogP contribution in [0.15, 0.2) is 72.2 Å². The average Bonchev–Trinajstić information content (AvgIpc) is 3.44. The highest BCUT2D eigenvalue weighted by molar-refractivity contribution is 7.12. The Kier molecular flexibility index (Phi) is 5.41. The Labute approximate surface area is 175 Å². The van der Waals surface area contributed by atoms with E-state index in [-0.39, 0.29) is 11.8 Å². The van der Waals surface area contributed by atoms with Crippen LogP contribution in [0.5, 0.6) is 0 Å². The van der Waals surface area contributed by atoms with Crippen LogP contribution >= 0.6 is 22.9 Å². The number of H-pyrrole nitrogens is 1. The van der Waals surface area contributed by atoms with Gasteiger partial charge in [-0.1, -0.05) is 29.8 Å². The van der Waals surface area contributed by atoms with Crippen LogP contribution in [0.2, 0.25) is 5.02 Å². The van der Waals surface area contributed by atoms with E-state index in [1.165, 1.54) is 11.3 Å². The Morgan fingerprint density at radius 1 is 0.966 bits per heavy atom. The van der Waals surface area contributed by atoms with E-state index in [9.17, 15) is 9.59 Å². The van der Waals surface area contributed by atoms with Crippen molar-refractivity contribution in [3.63, 3.8) is 0 Å². The molecular formula is C21H15ClN4O2S. The Bertz CT molecular complexity index is 1160. The minimum atomic E-state index is -0.310. The van der Waals surface area contributed by atoms with Crippen molar-refractivity contribution < 1.29 is 9.59 Å². The summed E-state index contributed by atoms with van der Waals surface area (Å²) in [5.74, 6) is -0.582. The summed E-state index contributed by atoms with van der Waals surface area (Å²) in [6, 6.07) is 17.5. The van der Waals surface area contributed by atoms with E-state index in [4.69, 9.17) is 11.6 Å². The molecule has 0 atom stereocenters. The summed E-state index contributed by atoms with van der Waals surface area (Å²) in [5.41, 5.74) is 3.15. The monoisotopic (exact) mass is 422 g/mol. The maximum absolute atomic E-state index is 12.7. The minimum Gasteiger partial charge on any atom is -0.322 e. The molecule has 4 rings (SSSR count). The predicted molar refractivity (Wildman–Crippen MR) is 116 cm³/mol. The standard InChI is InChI=1S/C21H15ClN4O2S/c22-16-7-6-14(12-18(16)25-21(28)19-5-2-10-29-19)20(27)24-15-4-1-3-13(11-15)17-8-9-23-26-17/h1-12H,(H,23,26)(H,24,27)(H,25,28). The van der Waals surface area contributed by atoms with Crippen LogP contribution in [0, 0.1) is 0 Å². The van der Waals surface area contributed by atoms with E-state index in [1.807, 2.05) is 29.6 Å². The molecule has 4 aromatic rings. The summed E-state index contributed by atoms with van der Waals surface area (Å²) in [4.78, 5) is 25.5. The van der Waals surface area contributed by atoms with Gasteiger partial charge in [0.1, 0.15) is 0 Å². The zero-order valence-corrected chi connectivity index (χ0v) is 16.6. The molecule has 3 N–H and O–H groups in total. The first kappa shape index (κ1) is 18.9. The van der Waals surface area contributed by atoms with E-state index < -0.39 is 0 Å². The van der Waals surface area contributed by atoms with Crippen LogP contribution in [0.3, 0.4) is 0 Å². The fourth-order valence-electron chi connectivity index (χ4n) is 2.74. The second-order valence-electron chi connectivity index (χ2n) is 6.13. The minimum absolute atomic E-state index is 0.272. The van der Waals surface area contributed by atoms with Gasteiger partial charge in [0.2, 0.25) is 0 Å². The summed E-state index contributed by atoms with van der Waals surface area (Å²) in [7, 11) is 0. The lowest BCUT2D eigenvalue weighted by Crippen LogP contribution is -2.14. The van der Waals surface area contributed by atoms with E-state index in [0.29, 0.717) is 26.8 Å². The van der Waals surface area contributed by atoms with Crippen LogP contribution < -0.4 is 10.6 Å². The number of thiophene rings is 1. The summed E-state index contributed by atoms with van der Waals surface area (Å²) >= 11 is 7.52.